The molecule has 2 rings (SSSR count). The van der Waals surface area contributed by atoms with E-state index in [0.717, 1.165) is 19.4 Å². The van der Waals surface area contributed by atoms with Gasteiger partial charge in [-0.1, -0.05) is 6.42 Å². The smallest absolute Gasteiger partial charge is 0.0613 e. The van der Waals surface area contributed by atoms with E-state index in [1.54, 1.807) is 0 Å². The molecule has 2 aliphatic rings. The SMILES string of the molecule is CC(C)N1CCN(CCC2CCCC2(N)CO)CC1. The maximum Gasteiger partial charge on any atom is 0.0613 e. The largest absolute Gasteiger partial charge is 0.394 e. The third-order valence-electron chi connectivity index (χ3n) is 5.23. The Hall–Kier alpha value is -0.160. The topological polar surface area (TPSA) is 52.7 Å². The summed E-state index contributed by atoms with van der Waals surface area (Å²) in [5, 5.41) is 9.48. The number of hydrogen-bond acceptors (Lipinski definition) is 4. The number of aliphatic hydroxyl groups is 1. The van der Waals surface area contributed by atoms with E-state index in [1.165, 1.54) is 39.0 Å². The summed E-state index contributed by atoms with van der Waals surface area (Å²) in [6, 6.07) is 0.670. The fourth-order valence-corrected chi connectivity index (χ4v) is 3.65. The molecule has 0 radical (unpaired) electrons. The van der Waals surface area contributed by atoms with Crippen LogP contribution in [0.3, 0.4) is 0 Å². The fraction of sp³-hybridized carbons (Fsp3) is 1.00. The van der Waals surface area contributed by atoms with E-state index < -0.39 is 0 Å². The minimum absolute atomic E-state index is 0.152. The van der Waals surface area contributed by atoms with Crippen molar-refractivity contribution in [2.24, 2.45) is 11.7 Å². The van der Waals surface area contributed by atoms with Gasteiger partial charge in [0.2, 0.25) is 0 Å². The molecule has 112 valence electrons. The van der Waals surface area contributed by atoms with Gasteiger partial charge in [-0.3, -0.25) is 4.90 Å². The number of aliphatic hydroxyl groups excluding tert-OH is 1. The van der Waals surface area contributed by atoms with Crippen molar-refractivity contribution >= 4 is 0 Å². The summed E-state index contributed by atoms with van der Waals surface area (Å²) in [6.45, 7) is 10.6. The van der Waals surface area contributed by atoms with Crippen LogP contribution in [-0.4, -0.2) is 65.8 Å². The zero-order valence-electron chi connectivity index (χ0n) is 12.6. The lowest BCUT2D eigenvalue weighted by Gasteiger charge is -2.38. The first kappa shape index (κ1) is 15.2. The molecular weight excluding hydrogens is 238 g/mol. The van der Waals surface area contributed by atoms with Gasteiger partial charge in [0.25, 0.3) is 0 Å². The number of piperazine rings is 1. The van der Waals surface area contributed by atoms with Gasteiger partial charge in [-0.25, -0.2) is 0 Å². The first-order valence-electron chi connectivity index (χ1n) is 7.91. The number of hydrogen-bond donors (Lipinski definition) is 2. The average molecular weight is 269 g/mol. The van der Waals surface area contributed by atoms with Gasteiger partial charge < -0.3 is 15.7 Å². The molecule has 1 saturated carbocycles. The highest BCUT2D eigenvalue weighted by molar-refractivity contribution is 4.96. The lowest BCUT2D eigenvalue weighted by Crippen LogP contribution is -2.51. The van der Waals surface area contributed by atoms with E-state index in [0.29, 0.717) is 12.0 Å². The quantitative estimate of drug-likeness (QED) is 0.778. The molecule has 0 aromatic carbocycles. The van der Waals surface area contributed by atoms with Crippen LogP contribution in [0.4, 0.5) is 0 Å². The van der Waals surface area contributed by atoms with Crippen molar-refractivity contribution in [2.75, 3.05) is 39.3 Å². The molecular formula is C15H31N3O. The Morgan fingerprint density at radius 3 is 2.53 bits per heavy atom. The zero-order valence-corrected chi connectivity index (χ0v) is 12.6. The highest BCUT2D eigenvalue weighted by atomic mass is 16.3. The molecule has 0 amide bonds. The summed E-state index contributed by atoms with van der Waals surface area (Å²) in [4.78, 5) is 5.11. The van der Waals surface area contributed by atoms with Crippen LogP contribution < -0.4 is 5.73 Å². The lowest BCUT2D eigenvalue weighted by molar-refractivity contribution is 0.0946. The van der Waals surface area contributed by atoms with Gasteiger partial charge in [-0.05, 0) is 45.6 Å². The summed E-state index contributed by atoms with van der Waals surface area (Å²) in [7, 11) is 0. The molecule has 2 atom stereocenters. The van der Waals surface area contributed by atoms with Crippen molar-refractivity contribution < 1.29 is 5.11 Å². The second-order valence-electron chi connectivity index (χ2n) is 6.74. The second kappa shape index (κ2) is 6.53. The molecule has 3 N–H and O–H groups in total. The van der Waals surface area contributed by atoms with Crippen LogP contribution in [0.25, 0.3) is 0 Å². The van der Waals surface area contributed by atoms with Crippen LogP contribution in [0.5, 0.6) is 0 Å². The van der Waals surface area contributed by atoms with E-state index in [2.05, 4.69) is 23.6 Å². The average Bonchev–Trinajstić information content (AvgIpc) is 2.79. The first-order valence-corrected chi connectivity index (χ1v) is 7.91. The Morgan fingerprint density at radius 1 is 1.26 bits per heavy atom. The zero-order chi connectivity index (χ0) is 13.9. The van der Waals surface area contributed by atoms with E-state index in [9.17, 15) is 5.11 Å². The van der Waals surface area contributed by atoms with Crippen LogP contribution in [0.15, 0.2) is 0 Å². The van der Waals surface area contributed by atoms with Crippen molar-refractivity contribution in [3.63, 3.8) is 0 Å². The molecule has 1 aliphatic heterocycles. The summed E-state index contributed by atoms with van der Waals surface area (Å²) >= 11 is 0. The minimum Gasteiger partial charge on any atom is -0.394 e. The van der Waals surface area contributed by atoms with Gasteiger partial charge >= 0.3 is 0 Å². The Labute approximate surface area is 117 Å². The normalized spacial score (nSPS) is 34.3. The highest BCUT2D eigenvalue weighted by Gasteiger charge is 2.38. The van der Waals surface area contributed by atoms with Crippen molar-refractivity contribution in [1.82, 2.24) is 9.80 Å². The van der Waals surface area contributed by atoms with E-state index in [1.807, 2.05) is 0 Å². The standard InChI is InChI=1S/C15H31N3O/c1-13(2)18-10-8-17(9-11-18)7-5-14-4-3-6-15(14,16)12-19/h13-14,19H,3-12,16H2,1-2H3. The second-order valence-corrected chi connectivity index (χ2v) is 6.74. The van der Waals surface area contributed by atoms with E-state index in [-0.39, 0.29) is 12.1 Å². The molecule has 0 spiro atoms. The predicted octanol–water partition coefficient (Wildman–Crippen LogP) is 0.892. The number of nitrogens with two attached hydrogens (primary N) is 1. The Kier molecular flexibility index (Phi) is 5.23. The molecule has 4 nitrogen and oxygen atoms in total. The maximum absolute atomic E-state index is 9.48. The fourth-order valence-electron chi connectivity index (χ4n) is 3.65. The van der Waals surface area contributed by atoms with E-state index >= 15 is 0 Å². The van der Waals surface area contributed by atoms with Crippen molar-refractivity contribution in [3.05, 3.63) is 0 Å². The van der Waals surface area contributed by atoms with Gasteiger partial charge in [-0.15, -0.1) is 0 Å². The van der Waals surface area contributed by atoms with Crippen molar-refractivity contribution in [2.45, 2.75) is 51.1 Å². The van der Waals surface area contributed by atoms with Crippen LogP contribution in [-0.2, 0) is 0 Å². The first-order chi connectivity index (χ1) is 9.05. The molecule has 2 unspecified atom stereocenters. The molecule has 19 heavy (non-hydrogen) atoms. The third kappa shape index (κ3) is 3.69. The monoisotopic (exact) mass is 269 g/mol. The van der Waals surface area contributed by atoms with E-state index in [4.69, 9.17) is 5.73 Å². The molecule has 1 aliphatic carbocycles. The Morgan fingerprint density at radius 2 is 1.95 bits per heavy atom. The van der Waals surface area contributed by atoms with Crippen molar-refractivity contribution in [3.8, 4) is 0 Å². The molecule has 4 heteroatoms. The Balaban J connectivity index is 1.72. The number of rotatable bonds is 5. The van der Waals surface area contributed by atoms with Crippen LogP contribution in [0.2, 0.25) is 0 Å². The highest BCUT2D eigenvalue weighted by Crippen LogP contribution is 2.35. The Bertz CT molecular complexity index is 277. The summed E-state index contributed by atoms with van der Waals surface area (Å²) in [5.74, 6) is 0.514. The summed E-state index contributed by atoms with van der Waals surface area (Å²) in [6.07, 6.45) is 4.53. The van der Waals surface area contributed by atoms with Gasteiger partial charge in [0, 0.05) is 37.8 Å². The predicted molar refractivity (Wildman–Crippen MR) is 79.1 cm³/mol. The maximum atomic E-state index is 9.48. The molecule has 0 aromatic rings. The molecule has 1 heterocycles. The molecule has 1 saturated heterocycles. The summed E-state index contributed by atoms with van der Waals surface area (Å²) in [5.41, 5.74) is 6.01. The van der Waals surface area contributed by atoms with Crippen LogP contribution >= 0.6 is 0 Å². The lowest BCUT2D eigenvalue weighted by atomic mass is 9.86. The van der Waals surface area contributed by atoms with Gasteiger partial charge in [-0.2, -0.15) is 0 Å². The van der Waals surface area contributed by atoms with Crippen LogP contribution in [0.1, 0.15) is 39.5 Å². The third-order valence-corrected chi connectivity index (χ3v) is 5.23. The van der Waals surface area contributed by atoms with Gasteiger partial charge in [0.05, 0.1) is 6.61 Å². The minimum atomic E-state index is -0.292. The van der Waals surface area contributed by atoms with Crippen LogP contribution in [0, 0.1) is 5.92 Å². The molecule has 0 aromatic heterocycles. The van der Waals surface area contributed by atoms with Gasteiger partial charge in [0.15, 0.2) is 0 Å². The summed E-state index contributed by atoms with van der Waals surface area (Å²) < 4.78 is 0. The van der Waals surface area contributed by atoms with Gasteiger partial charge in [0.1, 0.15) is 0 Å². The number of nitrogens with zero attached hydrogens (tertiary/aromatic N) is 2. The molecule has 2 fully saturated rings. The molecule has 0 bridgehead atoms. The van der Waals surface area contributed by atoms with Crippen molar-refractivity contribution in [1.29, 1.82) is 0 Å².